The number of carbonyl (C=O) groups excluding carboxylic acids is 1. The van der Waals surface area contributed by atoms with Gasteiger partial charge in [-0.3, -0.25) is 10.1 Å². The highest BCUT2D eigenvalue weighted by atomic mass is 32.2. The maximum Gasteiger partial charge on any atom is 0.404 e. The van der Waals surface area contributed by atoms with Crippen molar-refractivity contribution in [3.63, 3.8) is 0 Å². The van der Waals surface area contributed by atoms with E-state index in [1.807, 2.05) is 6.07 Å². The molecule has 10 heteroatoms. The molecule has 2 rings (SSSR count). The van der Waals surface area contributed by atoms with Gasteiger partial charge in [0.2, 0.25) is 5.91 Å². The van der Waals surface area contributed by atoms with Crippen molar-refractivity contribution in [1.82, 2.24) is 10.6 Å². The van der Waals surface area contributed by atoms with Crippen LogP contribution in [-0.4, -0.2) is 50.1 Å². The van der Waals surface area contributed by atoms with Crippen LogP contribution in [0, 0.1) is 17.2 Å². The Hall–Kier alpha value is -1.34. The van der Waals surface area contributed by atoms with E-state index in [9.17, 15) is 26.4 Å². The van der Waals surface area contributed by atoms with Crippen LogP contribution in [0.1, 0.15) is 25.7 Å². The maximum atomic E-state index is 13.1. The van der Waals surface area contributed by atoms with E-state index in [1.54, 1.807) is 0 Å². The summed E-state index contributed by atoms with van der Waals surface area (Å²) in [5.74, 6) is -2.28. The molecule has 130 valence electrons. The van der Waals surface area contributed by atoms with Gasteiger partial charge in [0, 0.05) is 6.26 Å². The SMILES string of the molecule is CS(=O)(=O)C[C@H](N[C@@H](C1CC1)C(F)(F)F)C(=O)NC1(C#N)CC1. The van der Waals surface area contributed by atoms with Gasteiger partial charge in [-0.1, -0.05) is 0 Å². The van der Waals surface area contributed by atoms with Crippen molar-refractivity contribution in [2.45, 2.75) is 49.5 Å². The van der Waals surface area contributed by atoms with E-state index in [1.165, 1.54) is 0 Å². The van der Waals surface area contributed by atoms with Gasteiger partial charge in [0.05, 0.1) is 11.8 Å². The van der Waals surface area contributed by atoms with Crippen LogP contribution < -0.4 is 10.6 Å². The van der Waals surface area contributed by atoms with Gasteiger partial charge in [0.15, 0.2) is 0 Å². The lowest BCUT2D eigenvalue weighted by Crippen LogP contribution is -2.58. The number of nitrogens with one attached hydrogen (secondary N) is 2. The first-order chi connectivity index (χ1) is 10.5. The van der Waals surface area contributed by atoms with Crippen molar-refractivity contribution in [1.29, 1.82) is 5.26 Å². The molecule has 0 saturated heterocycles. The normalized spacial score (nSPS) is 22.7. The smallest absolute Gasteiger partial charge is 0.336 e. The summed E-state index contributed by atoms with van der Waals surface area (Å²) in [5.41, 5.74) is -1.07. The second-order valence-corrected chi connectivity index (χ2v) is 8.54. The lowest BCUT2D eigenvalue weighted by molar-refractivity contribution is -0.163. The van der Waals surface area contributed by atoms with Crippen LogP contribution in [0.25, 0.3) is 0 Å². The fraction of sp³-hybridized carbons (Fsp3) is 0.846. The molecule has 0 aromatic heterocycles. The Balaban J connectivity index is 2.13. The third-order valence-corrected chi connectivity index (χ3v) is 4.88. The minimum absolute atomic E-state index is 0.381. The number of hydrogen-bond donors (Lipinski definition) is 2. The van der Waals surface area contributed by atoms with Gasteiger partial charge in [-0.2, -0.15) is 18.4 Å². The predicted octanol–water partition coefficient (Wildman–Crippen LogP) is 0.502. The molecule has 0 unspecified atom stereocenters. The number of nitrogens with zero attached hydrogens (tertiary/aromatic N) is 1. The molecular formula is C13H18F3N3O3S. The average Bonchev–Trinajstić information content (AvgIpc) is 3.26. The number of amides is 1. The number of carbonyl (C=O) groups is 1. The number of hydrogen-bond acceptors (Lipinski definition) is 5. The Morgan fingerprint density at radius 2 is 1.96 bits per heavy atom. The summed E-state index contributed by atoms with van der Waals surface area (Å²) in [6.45, 7) is 0. The van der Waals surface area contributed by atoms with Gasteiger partial charge in [-0.15, -0.1) is 0 Å². The van der Waals surface area contributed by atoms with Crippen LogP contribution in [0.3, 0.4) is 0 Å². The van der Waals surface area contributed by atoms with E-state index in [2.05, 4.69) is 10.6 Å². The zero-order valence-electron chi connectivity index (χ0n) is 12.5. The zero-order chi connectivity index (χ0) is 17.5. The highest BCUT2D eigenvalue weighted by Gasteiger charge is 2.51. The van der Waals surface area contributed by atoms with Gasteiger partial charge in [-0.25, -0.2) is 8.42 Å². The fourth-order valence-electron chi connectivity index (χ4n) is 2.36. The van der Waals surface area contributed by atoms with Crippen molar-refractivity contribution < 1.29 is 26.4 Å². The first-order valence-corrected chi connectivity index (χ1v) is 9.26. The third kappa shape index (κ3) is 5.07. The van der Waals surface area contributed by atoms with E-state index >= 15 is 0 Å². The molecule has 23 heavy (non-hydrogen) atoms. The Morgan fingerprint density at radius 3 is 2.30 bits per heavy atom. The Morgan fingerprint density at radius 1 is 1.39 bits per heavy atom. The first kappa shape index (κ1) is 18.0. The molecule has 0 radical (unpaired) electrons. The number of halogens is 3. The minimum atomic E-state index is -4.57. The Kier molecular flexibility index (Phi) is 4.65. The molecule has 0 bridgehead atoms. The monoisotopic (exact) mass is 353 g/mol. The maximum absolute atomic E-state index is 13.1. The molecule has 0 aromatic carbocycles. The van der Waals surface area contributed by atoms with E-state index in [0.717, 1.165) is 6.26 Å². The van der Waals surface area contributed by atoms with Gasteiger partial charge in [0.1, 0.15) is 27.5 Å². The summed E-state index contributed by atoms with van der Waals surface area (Å²) in [7, 11) is -3.68. The summed E-state index contributed by atoms with van der Waals surface area (Å²) < 4.78 is 62.2. The van der Waals surface area contributed by atoms with Crippen LogP contribution in [-0.2, 0) is 14.6 Å². The number of rotatable bonds is 7. The molecule has 6 nitrogen and oxygen atoms in total. The predicted molar refractivity (Wildman–Crippen MR) is 74.9 cm³/mol. The molecule has 2 aliphatic carbocycles. The van der Waals surface area contributed by atoms with Crippen molar-refractivity contribution >= 4 is 15.7 Å². The minimum Gasteiger partial charge on any atom is -0.336 e. The lowest BCUT2D eigenvalue weighted by Gasteiger charge is -2.27. The molecule has 2 atom stereocenters. The van der Waals surface area contributed by atoms with Crippen molar-refractivity contribution in [2.24, 2.45) is 5.92 Å². The molecule has 0 spiro atoms. The van der Waals surface area contributed by atoms with E-state index in [4.69, 9.17) is 5.26 Å². The second-order valence-electron chi connectivity index (χ2n) is 6.35. The summed E-state index contributed by atoms with van der Waals surface area (Å²) in [4.78, 5) is 12.2. The molecule has 0 heterocycles. The average molecular weight is 353 g/mol. The summed E-state index contributed by atoms with van der Waals surface area (Å²) in [6, 6.07) is -1.57. The Bertz CT molecular complexity index is 619. The van der Waals surface area contributed by atoms with Crippen LogP contribution in [0.5, 0.6) is 0 Å². The van der Waals surface area contributed by atoms with Crippen LogP contribution in [0.2, 0.25) is 0 Å². The fourth-order valence-corrected chi connectivity index (χ4v) is 3.21. The summed E-state index contributed by atoms with van der Waals surface area (Å²) in [6.07, 6.45) is -2.13. The molecule has 2 N–H and O–H groups in total. The van der Waals surface area contributed by atoms with E-state index in [0.29, 0.717) is 25.7 Å². The van der Waals surface area contributed by atoms with E-state index in [-0.39, 0.29) is 0 Å². The van der Waals surface area contributed by atoms with Gasteiger partial charge < -0.3 is 5.32 Å². The third-order valence-electron chi connectivity index (χ3n) is 3.94. The summed E-state index contributed by atoms with van der Waals surface area (Å²) in [5, 5.41) is 13.5. The molecule has 2 saturated carbocycles. The van der Waals surface area contributed by atoms with Crippen LogP contribution in [0.4, 0.5) is 13.2 Å². The topological polar surface area (TPSA) is 99.1 Å². The van der Waals surface area contributed by atoms with E-state index < -0.39 is 51.2 Å². The molecule has 0 aromatic rings. The Labute approximate surface area is 132 Å². The standard InChI is InChI=1S/C13H18F3N3O3S/c1-23(21,22)6-9(11(20)19-12(7-17)4-5-12)18-10(8-2-3-8)13(14,15)16/h8-10,18H,2-6H2,1H3,(H,19,20)/t9-,10-/m0/s1. The lowest BCUT2D eigenvalue weighted by atomic mass is 10.1. The van der Waals surface area contributed by atoms with Gasteiger partial charge in [0.25, 0.3) is 0 Å². The number of nitriles is 1. The second kappa shape index (κ2) is 5.94. The highest BCUT2D eigenvalue weighted by Crippen LogP contribution is 2.40. The zero-order valence-corrected chi connectivity index (χ0v) is 13.3. The molecule has 2 fully saturated rings. The van der Waals surface area contributed by atoms with Gasteiger partial charge >= 0.3 is 6.18 Å². The van der Waals surface area contributed by atoms with Crippen molar-refractivity contribution in [3.05, 3.63) is 0 Å². The highest BCUT2D eigenvalue weighted by molar-refractivity contribution is 7.90. The summed E-state index contributed by atoms with van der Waals surface area (Å²) >= 11 is 0. The quantitative estimate of drug-likeness (QED) is 0.694. The molecule has 2 aliphatic rings. The van der Waals surface area contributed by atoms with Crippen LogP contribution in [0.15, 0.2) is 0 Å². The van der Waals surface area contributed by atoms with Gasteiger partial charge in [-0.05, 0) is 31.6 Å². The molecule has 1 amide bonds. The first-order valence-electron chi connectivity index (χ1n) is 7.19. The largest absolute Gasteiger partial charge is 0.404 e. The molecule has 0 aliphatic heterocycles. The van der Waals surface area contributed by atoms with Crippen molar-refractivity contribution in [2.75, 3.05) is 12.0 Å². The number of alkyl halides is 3. The number of sulfone groups is 1. The van der Waals surface area contributed by atoms with Crippen molar-refractivity contribution in [3.8, 4) is 6.07 Å². The van der Waals surface area contributed by atoms with Crippen LogP contribution >= 0.6 is 0 Å². The molecular weight excluding hydrogens is 335 g/mol.